The molecule has 0 radical (unpaired) electrons. The number of aryl methyl sites for hydroxylation is 2. The molecule has 0 aliphatic carbocycles. The molecule has 0 saturated carbocycles. The summed E-state index contributed by atoms with van der Waals surface area (Å²) in [5.41, 5.74) is 7.65. The van der Waals surface area contributed by atoms with Crippen LogP contribution in [0.25, 0.3) is 0 Å². The average molecular weight is 592 g/mol. The van der Waals surface area contributed by atoms with Crippen LogP contribution in [-0.4, -0.2) is 56.1 Å². The zero-order valence-corrected chi connectivity index (χ0v) is 24.1. The fourth-order valence-corrected chi connectivity index (χ4v) is 5.96. The van der Waals surface area contributed by atoms with Crippen LogP contribution in [0.4, 0.5) is 5.69 Å². The van der Waals surface area contributed by atoms with E-state index in [-0.39, 0.29) is 31.2 Å². The number of carbonyl (C=O) groups excluding carboxylic acids is 4. The zero-order chi connectivity index (χ0) is 30.5. The summed E-state index contributed by atoms with van der Waals surface area (Å²) < 4.78 is 0. The number of para-hydroxylation sites is 1. The van der Waals surface area contributed by atoms with Gasteiger partial charge in [-0.05, 0) is 41.5 Å². The highest BCUT2D eigenvalue weighted by Gasteiger charge is 2.46. The SMILES string of the molecule is O=C(Cc1ccccc1)NN(C(=O)CCc1ccccc1)[C@H]1CCc2cccc3c2N(C1=O)[C@H](C(=O)NCc1cn[nH]n1)C3. The van der Waals surface area contributed by atoms with Crippen LogP contribution in [0, 0.1) is 0 Å². The van der Waals surface area contributed by atoms with E-state index in [1.165, 1.54) is 16.1 Å². The van der Waals surface area contributed by atoms with Crippen LogP contribution in [0.5, 0.6) is 0 Å². The molecule has 6 rings (SSSR count). The van der Waals surface area contributed by atoms with Gasteiger partial charge in [-0.15, -0.1) is 0 Å². The number of H-pyrrole nitrogens is 1. The Kier molecular flexibility index (Phi) is 8.44. The molecule has 0 bridgehead atoms. The minimum atomic E-state index is -0.998. The number of benzene rings is 3. The van der Waals surface area contributed by atoms with Crippen molar-refractivity contribution in [2.45, 2.75) is 57.2 Å². The fourth-order valence-electron chi connectivity index (χ4n) is 5.96. The summed E-state index contributed by atoms with van der Waals surface area (Å²) >= 11 is 0. The van der Waals surface area contributed by atoms with Gasteiger partial charge in [-0.25, -0.2) is 5.01 Å². The van der Waals surface area contributed by atoms with Gasteiger partial charge in [0.1, 0.15) is 17.8 Å². The molecule has 0 saturated heterocycles. The lowest BCUT2D eigenvalue weighted by atomic mass is 10.0. The molecule has 0 fully saturated rings. The van der Waals surface area contributed by atoms with Gasteiger partial charge < -0.3 is 5.32 Å². The fraction of sp³-hybridized carbons (Fsp3) is 0.273. The Labute approximate surface area is 254 Å². The topological polar surface area (TPSA) is 140 Å². The van der Waals surface area contributed by atoms with Gasteiger partial charge in [-0.1, -0.05) is 78.9 Å². The number of aromatic nitrogens is 3. The van der Waals surface area contributed by atoms with Crippen molar-refractivity contribution in [3.63, 3.8) is 0 Å². The van der Waals surface area contributed by atoms with Crippen molar-refractivity contribution in [3.05, 3.63) is 113 Å². The third kappa shape index (κ3) is 6.22. The van der Waals surface area contributed by atoms with Crippen LogP contribution in [0.1, 0.15) is 40.8 Å². The summed E-state index contributed by atoms with van der Waals surface area (Å²) in [7, 11) is 0. The van der Waals surface area contributed by atoms with E-state index in [0.717, 1.165) is 22.3 Å². The second-order valence-electron chi connectivity index (χ2n) is 11.0. The maximum atomic E-state index is 14.5. The number of carbonyl (C=O) groups is 4. The Morgan fingerprint density at radius 3 is 2.39 bits per heavy atom. The van der Waals surface area contributed by atoms with Gasteiger partial charge in [-0.2, -0.15) is 15.4 Å². The van der Waals surface area contributed by atoms with Crippen molar-refractivity contribution in [3.8, 4) is 0 Å². The first kappa shape index (κ1) is 28.8. The highest BCUT2D eigenvalue weighted by molar-refractivity contribution is 6.08. The lowest BCUT2D eigenvalue weighted by Crippen LogP contribution is -2.60. The number of hydrogen-bond donors (Lipinski definition) is 3. The molecule has 44 heavy (non-hydrogen) atoms. The van der Waals surface area contributed by atoms with E-state index in [4.69, 9.17) is 0 Å². The Balaban J connectivity index is 1.27. The van der Waals surface area contributed by atoms with E-state index in [0.29, 0.717) is 37.1 Å². The molecule has 4 amide bonds. The minimum Gasteiger partial charge on any atom is -0.348 e. The summed E-state index contributed by atoms with van der Waals surface area (Å²) in [5.74, 6) is -1.50. The molecule has 224 valence electrons. The standard InChI is InChI=1S/C33H33N7O4/c41-29(18-23-10-5-2-6-11-23)37-40(30(42)17-14-22-8-3-1-4-9-22)27-16-15-24-12-7-13-25-19-28(39(31(24)25)33(27)44)32(43)34-20-26-21-35-38-36-26/h1-13,21,27-28H,14-20H2,(H,34,43)(H,37,41)(H,35,36,38)/t27-,28-/m0/s1. The predicted molar refractivity (Wildman–Crippen MR) is 162 cm³/mol. The number of nitrogens with one attached hydrogen (secondary N) is 3. The molecule has 3 N–H and O–H groups in total. The highest BCUT2D eigenvalue weighted by atomic mass is 16.2. The Morgan fingerprint density at radius 1 is 0.932 bits per heavy atom. The van der Waals surface area contributed by atoms with Crippen molar-refractivity contribution in [1.29, 1.82) is 0 Å². The lowest BCUT2D eigenvalue weighted by molar-refractivity contribution is -0.148. The maximum Gasteiger partial charge on any atom is 0.252 e. The highest BCUT2D eigenvalue weighted by Crippen LogP contribution is 2.39. The third-order valence-corrected chi connectivity index (χ3v) is 8.09. The van der Waals surface area contributed by atoms with E-state index in [2.05, 4.69) is 26.2 Å². The summed E-state index contributed by atoms with van der Waals surface area (Å²) in [6, 6.07) is 22.8. The predicted octanol–water partition coefficient (Wildman–Crippen LogP) is 2.43. The maximum absolute atomic E-state index is 14.5. The first-order valence-electron chi connectivity index (χ1n) is 14.7. The molecule has 2 aliphatic rings. The van der Waals surface area contributed by atoms with Gasteiger partial charge in [0.25, 0.3) is 5.91 Å². The molecule has 11 heteroatoms. The largest absolute Gasteiger partial charge is 0.348 e. The molecule has 4 aromatic rings. The summed E-state index contributed by atoms with van der Waals surface area (Å²) in [5, 5.41) is 14.4. The molecule has 3 aromatic carbocycles. The van der Waals surface area contributed by atoms with Gasteiger partial charge in [0, 0.05) is 12.8 Å². The quantitative estimate of drug-likeness (QED) is 0.256. The Morgan fingerprint density at radius 2 is 1.66 bits per heavy atom. The first-order valence-corrected chi connectivity index (χ1v) is 14.7. The zero-order valence-electron chi connectivity index (χ0n) is 24.1. The second kappa shape index (κ2) is 12.9. The van der Waals surface area contributed by atoms with E-state index in [9.17, 15) is 19.2 Å². The van der Waals surface area contributed by atoms with Crippen molar-refractivity contribution in [2.75, 3.05) is 4.90 Å². The molecule has 11 nitrogen and oxygen atoms in total. The number of hydrazine groups is 1. The first-order chi connectivity index (χ1) is 21.5. The molecule has 0 spiro atoms. The van der Waals surface area contributed by atoms with Gasteiger partial charge >= 0.3 is 0 Å². The van der Waals surface area contributed by atoms with Crippen molar-refractivity contribution >= 4 is 29.3 Å². The van der Waals surface area contributed by atoms with Crippen LogP contribution in [0.15, 0.2) is 85.1 Å². The van der Waals surface area contributed by atoms with E-state index < -0.39 is 23.9 Å². The average Bonchev–Trinajstić information content (AvgIpc) is 3.68. The second-order valence-corrected chi connectivity index (χ2v) is 11.0. The molecule has 3 heterocycles. The van der Waals surface area contributed by atoms with Crippen LogP contribution in [0.3, 0.4) is 0 Å². The lowest BCUT2D eigenvalue weighted by Gasteiger charge is -2.34. The van der Waals surface area contributed by atoms with Crippen LogP contribution in [0.2, 0.25) is 0 Å². The molecule has 2 aliphatic heterocycles. The Bertz CT molecular complexity index is 1640. The van der Waals surface area contributed by atoms with Crippen molar-refractivity contribution in [2.24, 2.45) is 0 Å². The van der Waals surface area contributed by atoms with Crippen LogP contribution >= 0.6 is 0 Å². The summed E-state index contributed by atoms with van der Waals surface area (Å²) in [6.45, 7) is 0.153. The van der Waals surface area contributed by atoms with Gasteiger partial charge in [0.15, 0.2) is 0 Å². The minimum absolute atomic E-state index is 0.0470. The molecular formula is C33H33N7O4. The monoisotopic (exact) mass is 591 g/mol. The Hall–Kier alpha value is -5.32. The van der Waals surface area contributed by atoms with Crippen molar-refractivity contribution in [1.82, 2.24) is 31.2 Å². The number of aromatic amines is 1. The van der Waals surface area contributed by atoms with Gasteiger partial charge in [0.05, 0.1) is 24.8 Å². The van der Waals surface area contributed by atoms with E-state index in [1.807, 2.05) is 78.9 Å². The normalized spacial score (nSPS) is 17.0. The number of rotatable bonds is 9. The molecule has 0 unspecified atom stereocenters. The van der Waals surface area contributed by atoms with E-state index in [1.54, 1.807) is 0 Å². The number of amides is 4. The van der Waals surface area contributed by atoms with E-state index >= 15 is 0 Å². The summed E-state index contributed by atoms with van der Waals surface area (Å²) in [4.78, 5) is 56.6. The van der Waals surface area contributed by atoms with Crippen LogP contribution in [-0.2, 0) is 51.4 Å². The molecule has 1 aromatic heterocycles. The van der Waals surface area contributed by atoms with Crippen LogP contribution < -0.4 is 15.6 Å². The smallest absolute Gasteiger partial charge is 0.252 e. The van der Waals surface area contributed by atoms with Gasteiger partial charge in [-0.3, -0.25) is 29.5 Å². The summed E-state index contributed by atoms with van der Waals surface area (Å²) in [6.07, 6.45) is 3.25. The number of hydrogen-bond acceptors (Lipinski definition) is 6. The third-order valence-electron chi connectivity index (χ3n) is 8.09. The molecular weight excluding hydrogens is 558 g/mol. The number of nitrogens with zero attached hydrogens (tertiary/aromatic N) is 4. The number of anilines is 1. The van der Waals surface area contributed by atoms with Gasteiger partial charge in [0.2, 0.25) is 17.7 Å². The van der Waals surface area contributed by atoms with Crippen molar-refractivity contribution < 1.29 is 19.2 Å². The molecule has 2 atom stereocenters.